The van der Waals surface area contributed by atoms with Crippen molar-refractivity contribution in [1.82, 2.24) is 4.90 Å². The third kappa shape index (κ3) is 3.46. The van der Waals surface area contributed by atoms with Gasteiger partial charge in [0.15, 0.2) is 0 Å². The van der Waals surface area contributed by atoms with Gasteiger partial charge in [0.25, 0.3) is 5.91 Å². The van der Waals surface area contributed by atoms with Crippen LogP contribution in [0.4, 0.5) is 15.8 Å². The van der Waals surface area contributed by atoms with Crippen molar-refractivity contribution in [2.24, 2.45) is 5.92 Å². The molecule has 2 amide bonds. The number of likely N-dealkylation sites (tertiary alicyclic amines) is 1. The summed E-state index contributed by atoms with van der Waals surface area (Å²) in [5, 5.41) is 0. The monoisotopic (exact) mass is 435 g/mol. The molecule has 5 rings (SSSR count). The predicted octanol–water partition coefficient (Wildman–Crippen LogP) is 4.56. The van der Waals surface area contributed by atoms with E-state index in [2.05, 4.69) is 19.1 Å². The fourth-order valence-corrected chi connectivity index (χ4v) is 5.41. The molecule has 1 saturated heterocycles. The minimum absolute atomic E-state index is 0.0396. The summed E-state index contributed by atoms with van der Waals surface area (Å²) in [6.07, 6.45) is 12.0. The summed E-state index contributed by atoms with van der Waals surface area (Å²) in [4.78, 5) is 31.8. The van der Waals surface area contributed by atoms with Crippen LogP contribution in [0.5, 0.6) is 0 Å². The molecule has 5 nitrogen and oxygen atoms in total. The van der Waals surface area contributed by atoms with Crippen molar-refractivity contribution in [2.45, 2.75) is 51.5 Å². The van der Waals surface area contributed by atoms with Gasteiger partial charge in [0.05, 0.1) is 11.4 Å². The zero-order chi connectivity index (χ0) is 22.5. The van der Waals surface area contributed by atoms with Gasteiger partial charge in [-0.15, -0.1) is 0 Å². The van der Waals surface area contributed by atoms with Crippen LogP contribution in [0.2, 0.25) is 0 Å². The number of piperidine rings is 1. The molecular formula is C26H30FN3O2. The molecule has 0 spiro atoms. The Labute approximate surface area is 188 Å². The van der Waals surface area contributed by atoms with Crippen LogP contribution in [0.15, 0.2) is 53.8 Å². The number of nitrogens with zero attached hydrogens (tertiary/aromatic N) is 3. The first-order chi connectivity index (χ1) is 15.4. The largest absolute Gasteiger partial charge is 0.338 e. The van der Waals surface area contributed by atoms with E-state index in [9.17, 15) is 14.0 Å². The molecule has 1 aromatic rings. The van der Waals surface area contributed by atoms with Gasteiger partial charge in [-0.1, -0.05) is 25.2 Å². The Morgan fingerprint density at radius 1 is 1.25 bits per heavy atom. The summed E-state index contributed by atoms with van der Waals surface area (Å²) in [6.45, 7) is 6.00. The fraction of sp³-hybridized carbons (Fsp3) is 0.462. The van der Waals surface area contributed by atoms with Gasteiger partial charge in [0.1, 0.15) is 11.4 Å². The summed E-state index contributed by atoms with van der Waals surface area (Å²) < 4.78 is 14.0. The number of hydrogen-bond acceptors (Lipinski definition) is 3. The highest BCUT2D eigenvalue weighted by Crippen LogP contribution is 2.45. The number of halogens is 1. The molecule has 6 heteroatoms. The number of carbonyl (C=O) groups is 2. The van der Waals surface area contributed by atoms with Gasteiger partial charge in [-0.05, 0) is 67.9 Å². The Morgan fingerprint density at radius 3 is 2.94 bits per heavy atom. The van der Waals surface area contributed by atoms with Crippen LogP contribution in [0, 0.1) is 11.7 Å². The Bertz CT molecular complexity index is 1060. The summed E-state index contributed by atoms with van der Waals surface area (Å²) in [7, 11) is 0. The normalized spacial score (nSPS) is 26.4. The van der Waals surface area contributed by atoms with Gasteiger partial charge in [-0.25, -0.2) is 4.39 Å². The van der Waals surface area contributed by atoms with E-state index in [0.29, 0.717) is 44.0 Å². The van der Waals surface area contributed by atoms with Crippen LogP contribution in [0.3, 0.4) is 0 Å². The first-order valence-electron chi connectivity index (χ1n) is 11.6. The van der Waals surface area contributed by atoms with Gasteiger partial charge in [0.2, 0.25) is 5.91 Å². The van der Waals surface area contributed by atoms with Crippen molar-refractivity contribution in [3.63, 3.8) is 0 Å². The molecule has 3 heterocycles. The lowest BCUT2D eigenvalue weighted by atomic mass is 9.87. The lowest BCUT2D eigenvalue weighted by Crippen LogP contribution is -2.58. The summed E-state index contributed by atoms with van der Waals surface area (Å²) in [5.41, 5.74) is 3.42. The molecule has 0 N–H and O–H groups in total. The molecule has 4 aliphatic rings. The summed E-state index contributed by atoms with van der Waals surface area (Å²) in [6, 6.07) is 4.60. The molecule has 0 radical (unpaired) electrons. The second kappa shape index (κ2) is 7.91. The summed E-state index contributed by atoms with van der Waals surface area (Å²) in [5.74, 6) is 0.306. The number of hydrogen-bond donors (Lipinski definition) is 0. The van der Waals surface area contributed by atoms with E-state index in [1.807, 2.05) is 29.0 Å². The van der Waals surface area contributed by atoms with Gasteiger partial charge < -0.3 is 14.7 Å². The lowest BCUT2D eigenvalue weighted by Gasteiger charge is -2.45. The molecule has 1 aliphatic carbocycles. The van der Waals surface area contributed by atoms with Crippen LogP contribution in [-0.2, 0) is 9.59 Å². The van der Waals surface area contributed by atoms with Crippen molar-refractivity contribution in [3.05, 3.63) is 59.6 Å². The number of benzene rings is 1. The number of rotatable bonds is 4. The smallest absolute Gasteiger partial charge is 0.253 e. The molecule has 168 valence electrons. The Kier molecular flexibility index (Phi) is 5.19. The Balaban J connectivity index is 1.26. The van der Waals surface area contributed by atoms with Crippen LogP contribution >= 0.6 is 0 Å². The van der Waals surface area contributed by atoms with Crippen LogP contribution in [-0.4, -0.2) is 41.9 Å². The molecule has 0 saturated carbocycles. The highest BCUT2D eigenvalue weighted by Gasteiger charge is 2.48. The fourth-order valence-electron chi connectivity index (χ4n) is 5.41. The van der Waals surface area contributed by atoms with E-state index in [-0.39, 0.29) is 17.6 Å². The minimum atomic E-state index is -0.685. The van der Waals surface area contributed by atoms with E-state index in [1.54, 1.807) is 11.0 Å². The number of anilines is 2. The molecule has 1 aromatic carbocycles. The molecule has 32 heavy (non-hydrogen) atoms. The first-order valence-corrected chi connectivity index (χ1v) is 11.6. The molecule has 2 atom stereocenters. The second-order valence-electron chi connectivity index (χ2n) is 9.63. The van der Waals surface area contributed by atoms with E-state index in [1.165, 1.54) is 23.3 Å². The quantitative estimate of drug-likeness (QED) is 0.696. The van der Waals surface area contributed by atoms with Crippen molar-refractivity contribution in [1.29, 1.82) is 0 Å². The molecule has 3 aliphatic heterocycles. The zero-order valence-electron chi connectivity index (χ0n) is 18.8. The van der Waals surface area contributed by atoms with Crippen molar-refractivity contribution in [2.75, 3.05) is 29.4 Å². The average Bonchev–Trinajstić information content (AvgIpc) is 3.18. The maximum Gasteiger partial charge on any atom is 0.253 e. The maximum atomic E-state index is 14.0. The van der Waals surface area contributed by atoms with Crippen LogP contribution < -0.4 is 9.80 Å². The molecular weight excluding hydrogens is 405 g/mol. The Morgan fingerprint density at radius 2 is 2.09 bits per heavy atom. The molecule has 1 unspecified atom stereocenters. The van der Waals surface area contributed by atoms with E-state index >= 15 is 0 Å². The van der Waals surface area contributed by atoms with Crippen molar-refractivity contribution < 1.29 is 14.0 Å². The molecule has 1 fully saturated rings. The first kappa shape index (κ1) is 21.0. The predicted molar refractivity (Wildman–Crippen MR) is 124 cm³/mol. The number of carbonyl (C=O) groups excluding carboxylic acids is 2. The van der Waals surface area contributed by atoms with Gasteiger partial charge in [-0.3, -0.25) is 9.59 Å². The van der Waals surface area contributed by atoms with E-state index < -0.39 is 5.54 Å². The molecule has 0 bridgehead atoms. The third-order valence-electron chi connectivity index (χ3n) is 7.27. The number of amides is 2. The average molecular weight is 436 g/mol. The maximum absolute atomic E-state index is 14.0. The lowest BCUT2D eigenvalue weighted by molar-refractivity contribution is -0.131. The standard InChI is InChI=1S/C26H30FN3O2/c1-18-6-7-20-17-28(14-10-19(20)15-18)24(31)5-3-12-29-23-16-21(27)8-9-22(23)30-13-4-11-26(30,2)25(29)32/h4,7-9,13,15-16,18H,3,5-6,10-12,14,17H2,1-2H3/t18?,26-/m1/s1. The SMILES string of the molecule is CC1C=C2CCN(C(=O)CCCN3C(=O)[C@@]4(C)CC=CN4c4ccc(F)cc43)CC2=CC1. The van der Waals surface area contributed by atoms with Gasteiger partial charge in [0, 0.05) is 32.3 Å². The molecule has 0 aromatic heterocycles. The Hall–Kier alpha value is -2.89. The zero-order valence-corrected chi connectivity index (χ0v) is 18.8. The number of fused-ring (bicyclic) bond motifs is 4. The number of allylic oxidation sites excluding steroid dienone is 2. The van der Waals surface area contributed by atoms with Crippen molar-refractivity contribution >= 4 is 23.2 Å². The van der Waals surface area contributed by atoms with Crippen LogP contribution in [0.25, 0.3) is 0 Å². The van der Waals surface area contributed by atoms with E-state index in [4.69, 9.17) is 0 Å². The minimum Gasteiger partial charge on any atom is -0.338 e. The second-order valence-corrected chi connectivity index (χ2v) is 9.63. The van der Waals surface area contributed by atoms with E-state index in [0.717, 1.165) is 25.1 Å². The summed E-state index contributed by atoms with van der Waals surface area (Å²) >= 11 is 0. The van der Waals surface area contributed by atoms with Gasteiger partial charge in [-0.2, -0.15) is 0 Å². The third-order valence-corrected chi connectivity index (χ3v) is 7.27. The van der Waals surface area contributed by atoms with Gasteiger partial charge >= 0.3 is 0 Å². The topological polar surface area (TPSA) is 43.9 Å². The highest BCUT2D eigenvalue weighted by molar-refractivity contribution is 6.09. The van der Waals surface area contributed by atoms with Crippen molar-refractivity contribution in [3.8, 4) is 0 Å². The van der Waals surface area contributed by atoms with Crippen LogP contribution in [0.1, 0.15) is 46.0 Å². The highest BCUT2D eigenvalue weighted by atomic mass is 19.1.